The van der Waals surface area contributed by atoms with E-state index >= 15 is 0 Å². The fraction of sp³-hybridized carbons (Fsp3) is 0.200. The van der Waals surface area contributed by atoms with Crippen LogP contribution < -0.4 is 4.74 Å². The molecule has 1 heterocycles. The summed E-state index contributed by atoms with van der Waals surface area (Å²) in [7, 11) is 1.56. The van der Waals surface area contributed by atoms with Crippen molar-refractivity contribution in [3.8, 4) is 5.75 Å². The Morgan fingerprint density at radius 1 is 1.21 bits per heavy atom. The molecule has 2 rings (SSSR count). The van der Waals surface area contributed by atoms with E-state index in [1.165, 1.54) is 6.20 Å². The van der Waals surface area contributed by atoms with Crippen molar-refractivity contribution < 1.29 is 9.53 Å². The first-order valence-corrected chi connectivity index (χ1v) is 6.23. The molecule has 0 aliphatic rings. The van der Waals surface area contributed by atoms with Crippen molar-refractivity contribution in [2.75, 3.05) is 7.11 Å². The van der Waals surface area contributed by atoms with E-state index in [9.17, 15) is 4.79 Å². The Balaban J connectivity index is 2.50. The van der Waals surface area contributed by atoms with Crippen molar-refractivity contribution in [1.82, 2.24) is 4.98 Å². The normalized spacial score (nSPS) is 10.3. The number of aromatic nitrogens is 1. The zero-order valence-electron chi connectivity index (χ0n) is 11.0. The number of ether oxygens (including phenoxy) is 1. The lowest BCUT2D eigenvalue weighted by Crippen LogP contribution is -2.07. The minimum atomic E-state index is -0.170. The van der Waals surface area contributed by atoms with Gasteiger partial charge in [0, 0.05) is 6.20 Å². The molecule has 0 fully saturated rings. The molecule has 0 unspecified atom stereocenters. The standard InChI is InChI=1S/C15H14ClNO2/c1-9-4-6-12(15(19-3)10(9)2)14(18)13-7-5-11(16)8-17-13/h4-8H,1-3H3. The summed E-state index contributed by atoms with van der Waals surface area (Å²) < 4.78 is 5.35. The molecule has 1 aromatic heterocycles. The van der Waals surface area contributed by atoms with E-state index in [0.717, 1.165) is 11.1 Å². The number of methoxy groups -OCH3 is 1. The van der Waals surface area contributed by atoms with E-state index in [0.29, 0.717) is 22.0 Å². The molecular formula is C15H14ClNO2. The number of hydrogen-bond acceptors (Lipinski definition) is 3. The minimum Gasteiger partial charge on any atom is -0.496 e. The number of halogens is 1. The summed E-state index contributed by atoms with van der Waals surface area (Å²) in [5.74, 6) is 0.429. The van der Waals surface area contributed by atoms with Crippen LogP contribution in [-0.4, -0.2) is 17.9 Å². The maximum atomic E-state index is 12.4. The first-order valence-electron chi connectivity index (χ1n) is 5.85. The molecule has 0 aliphatic carbocycles. The van der Waals surface area contributed by atoms with Crippen molar-refractivity contribution in [2.24, 2.45) is 0 Å². The Labute approximate surface area is 117 Å². The largest absolute Gasteiger partial charge is 0.496 e. The van der Waals surface area contributed by atoms with Gasteiger partial charge in [0.25, 0.3) is 0 Å². The Morgan fingerprint density at radius 3 is 2.53 bits per heavy atom. The number of hydrogen-bond donors (Lipinski definition) is 0. The van der Waals surface area contributed by atoms with Crippen LogP contribution in [0.25, 0.3) is 0 Å². The number of carbonyl (C=O) groups excluding carboxylic acids is 1. The molecule has 0 atom stereocenters. The molecule has 0 aliphatic heterocycles. The fourth-order valence-electron chi connectivity index (χ4n) is 1.88. The summed E-state index contributed by atoms with van der Waals surface area (Å²) in [6.07, 6.45) is 1.46. The van der Waals surface area contributed by atoms with E-state index in [1.54, 1.807) is 25.3 Å². The van der Waals surface area contributed by atoms with Crippen LogP contribution in [0.4, 0.5) is 0 Å². The second-order valence-corrected chi connectivity index (χ2v) is 4.72. The van der Waals surface area contributed by atoms with Crippen LogP contribution in [0.2, 0.25) is 5.02 Å². The lowest BCUT2D eigenvalue weighted by molar-refractivity contribution is 0.103. The second-order valence-electron chi connectivity index (χ2n) is 4.28. The van der Waals surface area contributed by atoms with Crippen molar-refractivity contribution in [3.63, 3.8) is 0 Å². The smallest absolute Gasteiger partial charge is 0.215 e. The average molecular weight is 276 g/mol. The van der Waals surface area contributed by atoms with Crippen molar-refractivity contribution >= 4 is 17.4 Å². The Bertz CT molecular complexity index is 621. The number of ketones is 1. The third-order valence-corrected chi connectivity index (χ3v) is 3.31. The van der Waals surface area contributed by atoms with Crippen LogP contribution in [0.15, 0.2) is 30.5 Å². The lowest BCUT2D eigenvalue weighted by Gasteiger charge is -2.12. The fourth-order valence-corrected chi connectivity index (χ4v) is 1.99. The van der Waals surface area contributed by atoms with E-state index in [4.69, 9.17) is 16.3 Å². The van der Waals surface area contributed by atoms with Crippen molar-refractivity contribution in [1.29, 1.82) is 0 Å². The van der Waals surface area contributed by atoms with Gasteiger partial charge in [-0.3, -0.25) is 9.78 Å². The maximum absolute atomic E-state index is 12.4. The van der Waals surface area contributed by atoms with Gasteiger partial charge in [-0.15, -0.1) is 0 Å². The molecule has 0 spiro atoms. The van der Waals surface area contributed by atoms with Gasteiger partial charge in [-0.1, -0.05) is 17.7 Å². The highest BCUT2D eigenvalue weighted by Crippen LogP contribution is 2.27. The first-order chi connectivity index (χ1) is 9.04. The molecule has 2 aromatic rings. The zero-order valence-corrected chi connectivity index (χ0v) is 11.8. The SMILES string of the molecule is COc1c(C(=O)c2ccc(Cl)cn2)ccc(C)c1C. The molecule has 3 nitrogen and oxygen atoms in total. The summed E-state index contributed by atoms with van der Waals surface area (Å²) in [4.78, 5) is 16.5. The highest BCUT2D eigenvalue weighted by Gasteiger charge is 2.18. The van der Waals surface area contributed by atoms with E-state index < -0.39 is 0 Å². The van der Waals surface area contributed by atoms with Gasteiger partial charge in [-0.2, -0.15) is 0 Å². The summed E-state index contributed by atoms with van der Waals surface area (Å²) in [5, 5.41) is 0.503. The van der Waals surface area contributed by atoms with Gasteiger partial charge in [0.15, 0.2) is 0 Å². The third-order valence-electron chi connectivity index (χ3n) is 3.09. The summed E-state index contributed by atoms with van der Waals surface area (Å²) >= 11 is 5.77. The molecule has 4 heteroatoms. The molecule has 0 saturated heterocycles. The summed E-state index contributed by atoms with van der Waals surface area (Å²) in [5.41, 5.74) is 2.91. The summed E-state index contributed by atoms with van der Waals surface area (Å²) in [6, 6.07) is 6.93. The van der Waals surface area contributed by atoms with Crippen LogP contribution in [0.5, 0.6) is 5.75 Å². The molecule has 0 saturated carbocycles. The minimum absolute atomic E-state index is 0.170. The number of benzene rings is 1. The van der Waals surface area contributed by atoms with E-state index in [1.807, 2.05) is 19.9 Å². The molecule has 0 bridgehead atoms. The first kappa shape index (κ1) is 13.6. The van der Waals surface area contributed by atoms with Gasteiger partial charge >= 0.3 is 0 Å². The molecule has 1 aromatic carbocycles. The number of carbonyl (C=O) groups is 1. The third kappa shape index (κ3) is 2.61. The molecule has 0 amide bonds. The average Bonchev–Trinajstić information content (AvgIpc) is 2.41. The van der Waals surface area contributed by atoms with Crippen molar-refractivity contribution in [2.45, 2.75) is 13.8 Å². The van der Waals surface area contributed by atoms with Crippen LogP contribution in [0.3, 0.4) is 0 Å². The van der Waals surface area contributed by atoms with Crippen LogP contribution in [0.1, 0.15) is 27.2 Å². The van der Waals surface area contributed by atoms with Gasteiger partial charge < -0.3 is 4.74 Å². The van der Waals surface area contributed by atoms with Crippen LogP contribution >= 0.6 is 11.6 Å². The monoisotopic (exact) mass is 275 g/mol. The Hall–Kier alpha value is -1.87. The van der Waals surface area contributed by atoms with Gasteiger partial charge in [0.1, 0.15) is 11.4 Å². The van der Waals surface area contributed by atoms with Gasteiger partial charge in [0.2, 0.25) is 5.78 Å². The van der Waals surface area contributed by atoms with Crippen LogP contribution in [0, 0.1) is 13.8 Å². The Morgan fingerprint density at radius 2 is 1.95 bits per heavy atom. The maximum Gasteiger partial charge on any atom is 0.215 e. The van der Waals surface area contributed by atoms with Crippen molar-refractivity contribution in [3.05, 3.63) is 57.9 Å². The number of pyridine rings is 1. The quantitative estimate of drug-likeness (QED) is 0.804. The number of rotatable bonds is 3. The second kappa shape index (κ2) is 5.41. The van der Waals surface area contributed by atoms with Crippen LogP contribution in [-0.2, 0) is 0 Å². The molecule has 0 N–H and O–H groups in total. The highest BCUT2D eigenvalue weighted by atomic mass is 35.5. The summed E-state index contributed by atoms with van der Waals surface area (Å²) in [6.45, 7) is 3.91. The van der Waals surface area contributed by atoms with Gasteiger partial charge in [-0.25, -0.2) is 0 Å². The predicted molar refractivity (Wildman–Crippen MR) is 75.1 cm³/mol. The zero-order chi connectivity index (χ0) is 14.0. The predicted octanol–water partition coefficient (Wildman–Crippen LogP) is 3.59. The molecular weight excluding hydrogens is 262 g/mol. The molecule has 19 heavy (non-hydrogen) atoms. The number of nitrogens with zero attached hydrogens (tertiary/aromatic N) is 1. The Kier molecular flexibility index (Phi) is 3.86. The molecule has 98 valence electrons. The topological polar surface area (TPSA) is 39.2 Å². The highest BCUT2D eigenvalue weighted by molar-refractivity contribution is 6.30. The van der Waals surface area contributed by atoms with Gasteiger partial charge in [-0.05, 0) is 43.2 Å². The molecule has 0 radical (unpaired) electrons. The van der Waals surface area contributed by atoms with Gasteiger partial charge in [0.05, 0.1) is 17.7 Å². The lowest BCUT2D eigenvalue weighted by atomic mass is 10.00. The van der Waals surface area contributed by atoms with E-state index in [2.05, 4.69) is 4.98 Å². The van der Waals surface area contributed by atoms with E-state index in [-0.39, 0.29) is 5.78 Å². The number of aryl methyl sites for hydroxylation is 1.